The molecule has 1 N–H and O–H groups in total. The number of nitrogens with one attached hydrogen (secondary N) is 1. The van der Waals surface area contributed by atoms with Gasteiger partial charge in [-0.2, -0.15) is 0 Å². The Kier molecular flexibility index (Phi) is 9.96. The zero-order chi connectivity index (χ0) is 17.9. The Morgan fingerprint density at radius 3 is 2.44 bits per heavy atom. The summed E-state index contributed by atoms with van der Waals surface area (Å²) in [6.45, 7) is 5.59. The predicted molar refractivity (Wildman–Crippen MR) is 109 cm³/mol. The molecular formula is C20H35BrN4. The Bertz CT molecular complexity index is 457. The molecule has 0 spiro atoms. The fourth-order valence-electron chi connectivity index (χ4n) is 3.71. The molecule has 2 rings (SSSR count). The molecule has 1 aromatic rings. The van der Waals surface area contributed by atoms with Gasteiger partial charge in [0.25, 0.3) is 0 Å². The number of halogens is 1. The van der Waals surface area contributed by atoms with Gasteiger partial charge in [0, 0.05) is 18.4 Å². The van der Waals surface area contributed by atoms with Gasteiger partial charge in [-0.1, -0.05) is 19.8 Å². The van der Waals surface area contributed by atoms with Crippen molar-refractivity contribution in [3.63, 3.8) is 0 Å². The van der Waals surface area contributed by atoms with E-state index < -0.39 is 0 Å². The van der Waals surface area contributed by atoms with Crippen molar-refractivity contribution in [1.82, 2.24) is 20.2 Å². The van der Waals surface area contributed by atoms with Crippen LogP contribution in [0, 0.1) is 5.92 Å². The summed E-state index contributed by atoms with van der Waals surface area (Å²) >= 11 is 3.38. The van der Waals surface area contributed by atoms with Crippen molar-refractivity contribution in [3.8, 4) is 0 Å². The van der Waals surface area contributed by atoms with Crippen molar-refractivity contribution in [1.29, 1.82) is 0 Å². The Labute approximate surface area is 162 Å². The SMILES string of the molecule is CCCCCN(C)CCC[C@H]1CC[C@H](NCc2ncc(Br)cn2)CC1. The molecule has 0 bridgehead atoms. The minimum absolute atomic E-state index is 0.639. The van der Waals surface area contributed by atoms with Crippen LogP contribution in [-0.2, 0) is 6.54 Å². The molecule has 1 saturated carbocycles. The normalized spacial score (nSPS) is 21.0. The van der Waals surface area contributed by atoms with Gasteiger partial charge in [-0.3, -0.25) is 0 Å². The first-order chi connectivity index (χ1) is 12.2. The first-order valence-corrected chi connectivity index (χ1v) is 10.8. The topological polar surface area (TPSA) is 41.0 Å². The van der Waals surface area contributed by atoms with E-state index in [2.05, 4.69) is 50.1 Å². The Balaban J connectivity index is 1.53. The molecule has 25 heavy (non-hydrogen) atoms. The summed E-state index contributed by atoms with van der Waals surface area (Å²) in [4.78, 5) is 11.2. The van der Waals surface area contributed by atoms with E-state index in [1.54, 1.807) is 0 Å². The van der Waals surface area contributed by atoms with E-state index in [0.717, 1.165) is 22.8 Å². The van der Waals surface area contributed by atoms with E-state index in [0.29, 0.717) is 6.04 Å². The van der Waals surface area contributed by atoms with Crippen molar-refractivity contribution in [3.05, 3.63) is 22.7 Å². The monoisotopic (exact) mass is 410 g/mol. The van der Waals surface area contributed by atoms with Crippen molar-refractivity contribution in [2.45, 2.75) is 77.3 Å². The second-order valence-corrected chi connectivity index (χ2v) is 8.48. The standard InChI is InChI=1S/C20H35BrN4/c1-3-4-5-12-25(2)13-6-7-17-8-10-19(11-9-17)22-16-20-23-14-18(21)15-24-20/h14-15,17,19,22H,3-13,16H2,1-2H3/t17-,19-. The third-order valence-electron chi connectivity index (χ3n) is 5.37. The zero-order valence-corrected chi connectivity index (χ0v) is 17.6. The number of unbranched alkanes of at least 4 members (excludes halogenated alkanes) is 2. The molecule has 0 unspecified atom stereocenters. The minimum Gasteiger partial charge on any atom is -0.307 e. The van der Waals surface area contributed by atoms with Crippen molar-refractivity contribution < 1.29 is 0 Å². The van der Waals surface area contributed by atoms with E-state index >= 15 is 0 Å². The first kappa shape index (κ1) is 20.8. The van der Waals surface area contributed by atoms with E-state index in [1.807, 2.05) is 12.4 Å². The molecule has 142 valence electrons. The van der Waals surface area contributed by atoms with Crippen LogP contribution in [0.5, 0.6) is 0 Å². The lowest BCUT2D eigenvalue weighted by Gasteiger charge is -2.29. The lowest BCUT2D eigenvalue weighted by molar-refractivity contribution is 0.254. The number of hydrogen-bond donors (Lipinski definition) is 1. The van der Waals surface area contributed by atoms with Gasteiger partial charge < -0.3 is 10.2 Å². The molecule has 0 aliphatic heterocycles. The summed E-state index contributed by atoms with van der Waals surface area (Å²) in [7, 11) is 2.28. The summed E-state index contributed by atoms with van der Waals surface area (Å²) in [5, 5.41) is 3.63. The second-order valence-electron chi connectivity index (χ2n) is 7.57. The molecule has 1 aliphatic carbocycles. The van der Waals surface area contributed by atoms with Crippen LogP contribution in [0.3, 0.4) is 0 Å². The summed E-state index contributed by atoms with van der Waals surface area (Å²) in [6.07, 6.45) is 15.8. The molecule has 0 saturated heterocycles. The van der Waals surface area contributed by atoms with Crippen molar-refractivity contribution >= 4 is 15.9 Å². The van der Waals surface area contributed by atoms with Crippen molar-refractivity contribution in [2.24, 2.45) is 5.92 Å². The average Bonchev–Trinajstić information content (AvgIpc) is 2.62. The zero-order valence-electron chi connectivity index (χ0n) is 16.0. The summed E-state index contributed by atoms with van der Waals surface area (Å²) in [5.74, 6) is 1.82. The summed E-state index contributed by atoms with van der Waals surface area (Å²) in [5.41, 5.74) is 0. The quantitative estimate of drug-likeness (QED) is 0.532. The minimum atomic E-state index is 0.639. The van der Waals surface area contributed by atoms with Crippen LogP contribution in [0.15, 0.2) is 16.9 Å². The smallest absolute Gasteiger partial charge is 0.142 e. The molecule has 0 aromatic carbocycles. The highest BCUT2D eigenvalue weighted by molar-refractivity contribution is 9.10. The highest BCUT2D eigenvalue weighted by Crippen LogP contribution is 2.28. The number of nitrogens with zero attached hydrogens (tertiary/aromatic N) is 3. The van der Waals surface area contributed by atoms with Gasteiger partial charge in [0.2, 0.25) is 0 Å². The predicted octanol–water partition coefficient (Wildman–Crippen LogP) is 4.79. The van der Waals surface area contributed by atoms with E-state index in [9.17, 15) is 0 Å². The van der Waals surface area contributed by atoms with Crippen LogP contribution in [0.4, 0.5) is 0 Å². The highest BCUT2D eigenvalue weighted by Gasteiger charge is 2.20. The van der Waals surface area contributed by atoms with E-state index in [-0.39, 0.29) is 0 Å². The molecule has 1 fully saturated rings. The van der Waals surface area contributed by atoms with Crippen LogP contribution in [0.2, 0.25) is 0 Å². The van der Waals surface area contributed by atoms with Gasteiger partial charge in [0.05, 0.1) is 11.0 Å². The summed E-state index contributed by atoms with van der Waals surface area (Å²) < 4.78 is 0.938. The van der Waals surface area contributed by atoms with Gasteiger partial charge >= 0.3 is 0 Å². The van der Waals surface area contributed by atoms with Gasteiger partial charge in [-0.05, 0) is 86.9 Å². The van der Waals surface area contributed by atoms with Crippen LogP contribution in [-0.4, -0.2) is 41.0 Å². The van der Waals surface area contributed by atoms with E-state index in [4.69, 9.17) is 0 Å². The lowest BCUT2D eigenvalue weighted by atomic mass is 9.83. The molecular weight excluding hydrogens is 376 g/mol. The molecule has 1 heterocycles. The second kappa shape index (κ2) is 12.0. The van der Waals surface area contributed by atoms with E-state index in [1.165, 1.54) is 70.9 Å². The van der Waals surface area contributed by atoms with Crippen LogP contribution < -0.4 is 5.32 Å². The average molecular weight is 411 g/mol. The maximum absolute atomic E-state index is 4.34. The molecule has 5 heteroatoms. The fourth-order valence-corrected chi connectivity index (χ4v) is 3.92. The Morgan fingerprint density at radius 1 is 1.08 bits per heavy atom. The number of hydrogen-bond acceptors (Lipinski definition) is 4. The maximum atomic E-state index is 4.34. The van der Waals surface area contributed by atoms with Gasteiger partial charge in [0.1, 0.15) is 5.82 Å². The number of aromatic nitrogens is 2. The largest absolute Gasteiger partial charge is 0.307 e. The van der Waals surface area contributed by atoms with Gasteiger partial charge in [0.15, 0.2) is 0 Å². The highest BCUT2D eigenvalue weighted by atomic mass is 79.9. The summed E-state index contributed by atoms with van der Waals surface area (Å²) in [6, 6.07) is 0.639. The molecule has 1 aliphatic rings. The fraction of sp³-hybridized carbons (Fsp3) is 0.800. The van der Waals surface area contributed by atoms with Crippen LogP contribution in [0.25, 0.3) is 0 Å². The number of rotatable bonds is 11. The lowest BCUT2D eigenvalue weighted by Crippen LogP contribution is -2.33. The Morgan fingerprint density at radius 2 is 1.76 bits per heavy atom. The maximum Gasteiger partial charge on any atom is 0.142 e. The third-order valence-corrected chi connectivity index (χ3v) is 5.77. The molecule has 0 radical (unpaired) electrons. The van der Waals surface area contributed by atoms with Crippen LogP contribution >= 0.6 is 15.9 Å². The first-order valence-electron chi connectivity index (χ1n) is 10.1. The van der Waals surface area contributed by atoms with Gasteiger partial charge in [-0.25, -0.2) is 9.97 Å². The van der Waals surface area contributed by atoms with Crippen LogP contribution in [0.1, 0.15) is 70.5 Å². The third kappa shape index (κ3) is 8.61. The van der Waals surface area contributed by atoms with Gasteiger partial charge in [-0.15, -0.1) is 0 Å². The molecule has 0 atom stereocenters. The molecule has 0 amide bonds. The molecule has 4 nitrogen and oxygen atoms in total. The van der Waals surface area contributed by atoms with Crippen molar-refractivity contribution in [2.75, 3.05) is 20.1 Å². The Hall–Kier alpha value is -0.520. The molecule has 1 aromatic heterocycles.